The van der Waals surface area contributed by atoms with Gasteiger partial charge in [-0.15, -0.1) is 0 Å². The Hall–Kier alpha value is -2.57. The first-order valence-corrected chi connectivity index (χ1v) is 8.19. The number of amides is 2. The summed E-state index contributed by atoms with van der Waals surface area (Å²) in [6.07, 6.45) is -0.256. The van der Waals surface area contributed by atoms with Crippen molar-refractivity contribution < 1.29 is 23.9 Å². The molecule has 0 fully saturated rings. The zero-order valence-corrected chi connectivity index (χ0v) is 15.1. The number of benzene rings is 1. The molecule has 2 N–H and O–H groups in total. The summed E-state index contributed by atoms with van der Waals surface area (Å²) in [5.41, 5.74) is 0.845. The Bertz CT molecular complexity index is 574. The molecule has 0 aromatic heterocycles. The van der Waals surface area contributed by atoms with E-state index in [9.17, 15) is 14.4 Å². The van der Waals surface area contributed by atoms with Gasteiger partial charge in [0.2, 0.25) is 5.91 Å². The molecular weight excluding hydrogens is 324 g/mol. The molecule has 25 heavy (non-hydrogen) atoms. The maximum Gasteiger partial charge on any atom is 0.408 e. The van der Waals surface area contributed by atoms with Crippen LogP contribution in [0.15, 0.2) is 30.3 Å². The highest BCUT2D eigenvalue weighted by molar-refractivity contribution is 5.89. The van der Waals surface area contributed by atoms with Crippen molar-refractivity contribution in [1.82, 2.24) is 10.6 Å². The average Bonchev–Trinajstić information content (AvgIpc) is 2.59. The molecule has 0 bridgehead atoms. The smallest absolute Gasteiger partial charge is 0.408 e. The van der Waals surface area contributed by atoms with Gasteiger partial charge in [-0.2, -0.15) is 0 Å². The van der Waals surface area contributed by atoms with E-state index in [2.05, 4.69) is 10.6 Å². The fraction of sp³-hybridized carbons (Fsp3) is 0.500. The van der Waals surface area contributed by atoms with Crippen molar-refractivity contribution in [1.29, 1.82) is 0 Å². The number of ether oxygens (including phenoxy) is 2. The highest BCUT2D eigenvalue weighted by Gasteiger charge is 2.25. The van der Waals surface area contributed by atoms with Crippen LogP contribution in [0.1, 0.15) is 32.8 Å². The van der Waals surface area contributed by atoms with Gasteiger partial charge in [-0.1, -0.05) is 44.2 Å². The summed E-state index contributed by atoms with van der Waals surface area (Å²) in [5, 5.41) is 5.03. The van der Waals surface area contributed by atoms with E-state index in [0.29, 0.717) is 6.42 Å². The van der Waals surface area contributed by atoms with E-state index in [0.717, 1.165) is 5.56 Å². The molecule has 1 aromatic rings. The van der Waals surface area contributed by atoms with Crippen LogP contribution < -0.4 is 10.6 Å². The minimum atomic E-state index is -0.845. The zero-order valence-electron chi connectivity index (χ0n) is 15.1. The van der Waals surface area contributed by atoms with Crippen LogP contribution in [-0.4, -0.2) is 37.2 Å². The molecule has 0 radical (unpaired) electrons. The van der Waals surface area contributed by atoms with Crippen molar-refractivity contribution >= 4 is 18.0 Å². The summed E-state index contributed by atoms with van der Waals surface area (Å²) in [6.45, 7) is 5.50. The SMILES string of the molecule is COC(=O)[C@@H](CC(C)C)NC(=O)[C@@H](C)NC(=O)OCc1ccccc1. The van der Waals surface area contributed by atoms with Crippen molar-refractivity contribution in [3.8, 4) is 0 Å². The number of rotatable bonds is 8. The van der Waals surface area contributed by atoms with Gasteiger partial charge in [-0.05, 0) is 24.8 Å². The Kier molecular flexibility index (Phi) is 8.46. The molecule has 1 aromatic carbocycles. The molecule has 0 aliphatic carbocycles. The first-order valence-electron chi connectivity index (χ1n) is 8.19. The van der Waals surface area contributed by atoms with Crippen molar-refractivity contribution in [3.63, 3.8) is 0 Å². The van der Waals surface area contributed by atoms with Gasteiger partial charge in [0, 0.05) is 0 Å². The highest BCUT2D eigenvalue weighted by Crippen LogP contribution is 2.07. The molecule has 138 valence electrons. The molecule has 0 spiro atoms. The van der Waals surface area contributed by atoms with Gasteiger partial charge < -0.3 is 20.1 Å². The van der Waals surface area contributed by atoms with Gasteiger partial charge in [0.25, 0.3) is 0 Å². The van der Waals surface area contributed by atoms with Crippen molar-refractivity contribution in [2.24, 2.45) is 5.92 Å². The molecule has 0 aliphatic rings. The molecule has 2 amide bonds. The molecule has 0 saturated carbocycles. The summed E-state index contributed by atoms with van der Waals surface area (Å²) in [7, 11) is 1.27. The second kappa shape index (κ2) is 10.3. The minimum absolute atomic E-state index is 0.110. The van der Waals surface area contributed by atoms with Crippen LogP contribution in [0.5, 0.6) is 0 Å². The van der Waals surface area contributed by atoms with E-state index >= 15 is 0 Å². The Morgan fingerprint density at radius 1 is 1.04 bits per heavy atom. The minimum Gasteiger partial charge on any atom is -0.467 e. The van der Waals surface area contributed by atoms with Gasteiger partial charge in [-0.3, -0.25) is 4.79 Å². The predicted octanol–water partition coefficient (Wildman–Crippen LogP) is 2.01. The third-order valence-electron chi connectivity index (χ3n) is 3.45. The van der Waals surface area contributed by atoms with Crippen LogP contribution in [0.2, 0.25) is 0 Å². The van der Waals surface area contributed by atoms with E-state index in [1.807, 2.05) is 44.2 Å². The first kappa shape index (κ1) is 20.5. The summed E-state index contributed by atoms with van der Waals surface area (Å²) in [6, 6.07) is 7.62. The van der Waals surface area contributed by atoms with Gasteiger partial charge in [0.15, 0.2) is 0 Å². The van der Waals surface area contributed by atoms with Gasteiger partial charge in [0.1, 0.15) is 18.7 Å². The van der Waals surface area contributed by atoms with Crippen LogP contribution in [0.25, 0.3) is 0 Å². The maximum absolute atomic E-state index is 12.2. The summed E-state index contributed by atoms with van der Waals surface area (Å²) >= 11 is 0. The van der Waals surface area contributed by atoms with Crippen molar-refractivity contribution in [3.05, 3.63) is 35.9 Å². The monoisotopic (exact) mass is 350 g/mol. The van der Waals surface area contributed by atoms with E-state index in [-0.39, 0.29) is 12.5 Å². The number of methoxy groups -OCH3 is 1. The van der Waals surface area contributed by atoms with Gasteiger partial charge in [0.05, 0.1) is 7.11 Å². The third kappa shape index (κ3) is 7.69. The lowest BCUT2D eigenvalue weighted by atomic mass is 10.0. The van der Waals surface area contributed by atoms with Crippen LogP contribution in [0.3, 0.4) is 0 Å². The molecule has 0 aliphatic heterocycles. The number of hydrogen-bond donors (Lipinski definition) is 2. The van der Waals surface area contributed by atoms with Gasteiger partial charge >= 0.3 is 12.1 Å². The molecule has 7 heteroatoms. The maximum atomic E-state index is 12.2. The van der Waals surface area contributed by atoms with Crippen LogP contribution in [0.4, 0.5) is 4.79 Å². The molecule has 2 atom stereocenters. The Morgan fingerprint density at radius 2 is 1.68 bits per heavy atom. The third-order valence-corrected chi connectivity index (χ3v) is 3.45. The molecular formula is C18H26N2O5. The Labute approximate surface area is 148 Å². The molecule has 0 heterocycles. The topological polar surface area (TPSA) is 93.7 Å². The zero-order chi connectivity index (χ0) is 18.8. The fourth-order valence-electron chi connectivity index (χ4n) is 2.13. The number of carbonyl (C=O) groups is 3. The Balaban J connectivity index is 2.48. The number of nitrogens with one attached hydrogen (secondary N) is 2. The highest BCUT2D eigenvalue weighted by atomic mass is 16.5. The predicted molar refractivity (Wildman–Crippen MR) is 92.6 cm³/mol. The number of alkyl carbamates (subject to hydrolysis) is 1. The van der Waals surface area contributed by atoms with Crippen LogP contribution in [-0.2, 0) is 25.7 Å². The van der Waals surface area contributed by atoms with E-state index in [4.69, 9.17) is 9.47 Å². The lowest BCUT2D eigenvalue weighted by Gasteiger charge is -2.21. The van der Waals surface area contributed by atoms with E-state index in [1.54, 1.807) is 0 Å². The summed E-state index contributed by atoms with van der Waals surface area (Å²) in [4.78, 5) is 35.7. The quantitative estimate of drug-likeness (QED) is 0.700. The molecule has 1 rings (SSSR count). The van der Waals surface area contributed by atoms with Crippen molar-refractivity contribution in [2.45, 2.75) is 45.9 Å². The summed E-state index contributed by atoms with van der Waals surface area (Å²) in [5.74, 6) is -0.794. The number of carbonyl (C=O) groups excluding carboxylic acids is 3. The van der Waals surface area contributed by atoms with Crippen LogP contribution >= 0.6 is 0 Å². The first-order chi connectivity index (χ1) is 11.8. The molecule has 0 saturated heterocycles. The Morgan fingerprint density at radius 3 is 2.24 bits per heavy atom. The second-order valence-electron chi connectivity index (χ2n) is 6.14. The van der Waals surface area contributed by atoms with E-state index < -0.39 is 30.1 Å². The van der Waals surface area contributed by atoms with Crippen LogP contribution in [0, 0.1) is 5.92 Å². The number of esters is 1. The van der Waals surface area contributed by atoms with Gasteiger partial charge in [-0.25, -0.2) is 9.59 Å². The standard InChI is InChI=1S/C18H26N2O5/c1-12(2)10-15(17(22)24-4)20-16(21)13(3)19-18(23)25-11-14-8-6-5-7-9-14/h5-9,12-13,15H,10-11H2,1-4H3,(H,19,23)(H,20,21)/t13-,15-/m1/s1. The van der Waals surface area contributed by atoms with E-state index in [1.165, 1.54) is 14.0 Å². The number of hydrogen-bond acceptors (Lipinski definition) is 5. The lowest BCUT2D eigenvalue weighted by Crippen LogP contribution is -2.51. The fourth-order valence-corrected chi connectivity index (χ4v) is 2.13. The van der Waals surface area contributed by atoms with Crippen molar-refractivity contribution in [2.75, 3.05) is 7.11 Å². The lowest BCUT2D eigenvalue weighted by molar-refractivity contribution is -0.145. The molecule has 7 nitrogen and oxygen atoms in total. The average molecular weight is 350 g/mol. The largest absolute Gasteiger partial charge is 0.467 e. The summed E-state index contributed by atoms with van der Waals surface area (Å²) < 4.78 is 9.76. The second-order valence-corrected chi connectivity index (χ2v) is 6.14. The normalized spacial score (nSPS) is 12.8. The molecule has 0 unspecified atom stereocenters.